The Morgan fingerprint density at radius 2 is 1.50 bits per heavy atom. The summed E-state index contributed by atoms with van der Waals surface area (Å²) in [5.74, 6) is -0.968. The average molecular weight is 457 g/mol. The van der Waals surface area contributed by atoms with Crippen molar-refractivity contribution in [2.24, 2.45) is 5.73 Å². The molecule has 2 N–H and O–H groups in total. The monoisotopic (exact) mass is 457 g/mol. The number of rotatable bonds is 10. The molecule has 0 aliphatic carbocycles. The SMILES string of the molecule is CCOC(=O)Oc1ccc(C[C@H](N)C(=O)OC[C@H](C)OC(=O)OC)cc1OC(=O)OCC. The van der Waals surface area contributed by atoms with Crippen LogP contribution in [0.3, 0.4) is 0 Å². The third-order valence-electron chi connectivity index (χ3n) is 3.60. The van der Waals surface area contributed by atoms with Crippen LogP contribution in [-0.4, -0.2) is 63.5 Å². The lowest BCUT2D eigenvalue weighted by atomic mass is 10.1. The molecule has 0 heterocycles. The van der Waals surface area contributed by atoms with Gasteiger partial charge in [-0.2, -0.15) is 0 Å². The molecule has 1 rings (SSSR count). The fourth-order valence-electron chi connectivity index (χ4n) is 2.21. The molecule has 0 spiro atoms. The Labute approximate surface area is 184 Å². The van der Waals surface area contributed by atoms with Crippen LogP contribution in [0.2, 0.25) is 0 Å². The van der Waals surface area contributed by atoms with Crippen molar-refractivity contribution in [1.29, 1.82) is 0 Å². The van der Waals surface area contributed by atoms with Gasteiger partial charge in [0.2, 0.25) is 0 Å². The van der Waals surface area contributed by atoms with Gasteiger partial charge in [0.1, 0.15) is 18.8 Å². The number of benzene rings is 1. The number of carbonyl (C=O) groups excluding carboxylic acids is 4. The molecule has 0 amide bonds. The summed E-state index contributed by atoms with van der Waals surface area (Å²) in [5, 5.41) is 0. The van der Waals surface area contributed by atoms with E-state index in [4.69, 9.17) is 34.2 Å². The molecule has 0 saturated carbocycles. The lowest BCUT2D eigenvalue weighted by molar-refractivity contribution is -0.148. The van der Waals surface area contributed by atoms with Gasteiger partial charge in [0.05, 0.1) is 20.3 Å². The minimum Gasteiger partial charge on any atom is -0.461 e. The zero-order chi connectivity index (χ0) is 24.1. The topological polar surface area (TPSA) is 159 Å². The van der Waals surface area contributed by atoms with E-state index in [1.54, 1.807) is 13.8 Å². The smallest absolute Gasteiger partial charge is 0.461 e. The van der Waals surface area contributed by atoms with E-state index in [9.17, 15) is 19.2 Å². The van der Waals surface area contributed by atoms with E-state index < -0.39 is 36.6 Å². The summed E-state index contributed by atoms with van der Waals surface area (Å²) in [6.45, 7) is 4.65. The second kappa shape index (κ2) is 13.7. The van der Waals surface area contributed by atoms with E-state index in [0.29, 0.717) is 5.56 Å². The Hall–Kier alpha value is -3.54. The lowest BCUT2D eigenvalue weighted by Crippen LogP contribution is -2.36. The molecule has 1 aromatic carbocycles. The Morgan fingerprint density at radius 3 is 2.06 bits per heavy atom. The van der Waals surface area contributed by atoms with Gasteiger partial charge < -0.3 is 38.9 Å². The largest absolute Gasteiger partial charge is 0.513 e. The normalized spacial score (nSPS) is 12.0. The number of carbonyl (C=O) groups is 4. The molecular formula is C20H27NO11. The third kappa shape index (κ3) is 9.51. The molecule has 0 bridgehead atoms. The van der Waals surface area contributed by atoms with Gasteiger partial charge in [-0.25, -0.2) is 14.4 Å². The number of nitrogens with two attached hydrogens (primary N) is 1. The molecule has 12 nitrogen and oxygen atoms in total. The first-order chi connectivity index (χ1) is 15.2. The molecule has 2 atom stereocenters. The fraction of sp³-hybridized carbons (Fsp3) is 0.500. The van der Waals surface area contributed by atoms with Gasteiger partial charge in [0.15, 0.2) is 11.5 Å². The third-order valence-corrected chi connectivity index (χ3v) is 3.60. The quantitative estimate of drug-likeness (QED) is 0.311. The number of hydrogen-bond acceptors (Lipinski definition) is 12. The summed E-state index contributed by atoms with van der Waals surface area (Å²) in [4.78, 5) is 46.5. The van der Waals surface area contributed by atoms with Crippen molar-refractivity contribution in [1.82, 2.24) is 0 Å². The van der Waals surface area contributed by atoms with Crippen molar-refractivity contribution in [3.8, 4) is 11.5 Å². The minimum atomic E-state index is -1.08. The Kier molecular flexibility index (Phi) is 11.3. The van der Waals surface area contributed by atoms with Crippen LogP contribution < -0.4 is 15.2 Å². The Balaban J connectivity index is 2.83. The number of ether oxygens (including phenoxy) is 7. The van der Waals surface area contributed by atoms with E-state index in [2.05, 4.69) is 4.74 Å². The van der Waals surface area contributed by atoms with Crippen molar-refractivity contribution in [2.45, 2.75) is 39.3 Å². The van der Waals surface area contributed by atoms with Crippen molar-refractivity contribution in [3.05, 3.63) is 23.8 Å². The summed E-state index contributed by atoms with van der Waals surface area (Å²) in [5.41, 5.74) is 6.35. The van der Waals surface area contributed by atoms with Crippen LogP contribution in [0.15, 0.2) is 18.2 Å². The lowest BCUT2D eigenvalue weighted by Gasteiger charge is -2.16. The van der Waals surface area contributed by atoms with E-state index in [1.165, 1.54) is 25.1 Å². The van der Waals surface area contributed by atoms with E-state index in [0.717, 1.165) is 7.11 Å². The van der Waals surface area contributed by atoms with Crippen LogP contribution in [-0.2, 0) is 34.9 Å². The van der Waals surface area contributed by atoms with Crippen molar-refractivity contribution in [3.63, 3.8) is 0 Å². The summed E-state index contributed by atoms with van der Waals surface area (Å²) in [6, 6.07) is 3.16. The highest BCUT2D eigenvalue weighted by atomic mass is 16.7. The van der Waals surface area contributed by atoms with Crippen molar-refractivity contribution >= 4 is 24.4 Å². The van der Waals surface area contributed by atoms with E-state index >= 15 is 0 Å². The highest BCUT2D eigenvalue weighted by molar-refractivity contribution is 5.76. The van der Waals surface area contributed by atoms with E-state index in [1.807, 2.05) is 0 Å². The summed E-state index contributed by atoms with van der Waals surface area (Å²) >= 11 is 0. The maximum absolute atomic E-state index is 12.1. The Bertz CT molecular complexity index is 796. The zero-order valence-corrected chi connectivity index (χ0v) is 18.3. The molecule has 1 aromatic rings. The number of esters is 1. The fourth-order valence-corrected chi connectivity index (χ4v) is 2.21. The van der Waals surface area contributed by atoms with Crippen molar-refractivity contribution < 1.29 is 52.3 Å². The molecule has 32 heavy (non-hydrogen) atoms. The predicted octanol–water partition coefficient (Wildman–Crippen LogP) is 2.34. The maximum Gasteiger partial charge on any atom is 0.513 e. The molecule has 0 saturated heterocycles. The molecule has 0 unspecified atom stereocenters. The van der Waals surface area contributed by atoms with Crippen LogP contribution in [0.1, 0.15) is 26.3 Å². The first kappa shape index (κ1) is 26.5. The van der Waals surface area contributed by atoms with Crippen LogP contribution in [0.4, 0.5) is 14.4 Å². The molecule has 0 radical (unpaired) electrons. The van der Waals surface area contributed by atoms with Crippen LogP contribution in [0.5, 0.6) is 11.5 Å². The maximum atomic E-state index is 12.1. The van der Waals surface area contributed by atoms with Gasteiger partial charge >= 0.3 is 24.4 Å². The highest BCUT2D eigenvalue weighted by Gasteiger charge is 2.21. The van der Waals surface area contributed by atoms with Gasteiger partial charge in [-0.3, -0.25) is 4.79 Å². The van der Waals surface area contributed by atoms with Crippen LogP contribution in [0.25, 0.3) is 0 Å². The predicted molar refractivity (Wildman–Crippen MR) is 107 cm³/mol. The molecule has 0 aliphatic rings. The van der Waals surface area contributed by atoms with Crippen LogP contribution >= 0.6 is 0 Å². The van der Waals surface area contributed by atoms with Gasteiger partial charge in [0.25, 0.3) is 0 Å². The molecule has 0 aromatic heterocycles. The first-order valence-electron chi connectivity index (χ1n) is 9.69. The van der Waals surface area contributed by atoms with Crippen molar-refractivity contribution in [2.75, 3.05) is 26.9 Å². The zero-order valence-electron chi connectivity index (χ0n) is 18.3. The highest BCUT2D eigenvalue weighted by Crippen LogP contribution is 2.30. The molecule has 12 heteroatoms. The molecule has 0 aliphatic heterocycles. The second-order valence-corrected chi connectivity index (χ2v) is 6.17. The summed E-state index contributed by atoms with van der Waals surface area (Å²) < 4.78 is 33.7. The summed E-state index contributed by atoms with van der Waals surface area (Å²) in [6.07, 6.45) is -3.64. The van der Waals surface area contributed by atoms with Gasteiger partial charge in [-0.1, -0.05) is 6.07 Å². The number of hydrogen-bond donors (Lipinski definition) is 1. The van der Waals surface area contributed by atoms with Gasteiger partial charge in [-0.15, -0.1) is 0 Å². The standard InChI is InChI=1S/C20H27NO11/c1-5-27-19(24)31-15-8-7-13(10-16(15)32-20(25)28-6-2)9-14(21)17(22)29-11-12(3)30-18(23)26-4/h7-8,10,12,14H,5-6,9,11,21H2,1-4H3/t12-,14-/m0/s1. The van der Waals surface area contributed by atoms with Gasteiger partial charge in [-0.05, 0) is 44.9 Å². The minimum absolute atomic E-state index is 0.00391. The first-order valence-corrected chi connectivity index (χ1v) is 9.69. The molecule has 0 fully saturated rings. The summed E-state index contributed by atoms with van der Waals surface area (Å²) in [7, 11) is 1.15. The molecular weight excluding hydrogens is 430 g/mol. The second-order valence-electron chi connectivity index (χ2n) is 6.17. The van der Waals surface area contributed by atoms with E-state index in [-0.39, 0.29) is 37.7 Å². The molecule has 178 valence electrons. The average Bonchev–Trinajstić information content (AvgIpc) is 2.74. The number of methoxy groups -OCH3 is 1. The Morgan fingerprint density at radius 1 is 0.906 bits per heavy atom. The van der Waals surface area contributed by atoms with Crippen LogP contribution in [0, 0.1) is 0 Å². The van der Waals surface area contributed by atoms with Gasteiger partial charge in [0, 0.05) is 0 Å².